The molecule has 0 saturated carbocycles. The summed E-state index contributed by atoms with van der Waals surface area (Å²) in [6, 6.07) is 4.37. The maximum absolute atomic E-state index is 12.9. The van der Waals surface area contributed by atoms with Crippen LogP contribution in [0.4, 0.5) is 4.39 Å². The van der Waals surface area contributed by atoms with Crippen molar-refractivity contribution < 1.29 is 14.2 Å². The van der Waals surface area contributed by atoms with E-state index in [1.165, 1.54) is 19.1 Å². The van der Waals surface area contributed by atoms with Gasteiger partial charge in [-0.3, -0.25) is 0 Å². The van der Waals surface area contributed by atoms with Crippen LogP contribution in [0.25, 0.3) is 0 Å². The minimum Gasteiger partial charge on any atom is -0.486 e. The number of nitrogens with two attached hydrogens (primary N) is 1. The molecule has 1 heterocycles. The summed E-state index contributed by atoms with van der Waals surface area (Å²) in [5.41, 5.74) is 5.03. The first-order valence-corrected chi connectivity index (χ1v) is 4.93. The molecule has 0 saturated heterocycles. The van der Waals surface area contributed by atoms with E-state index < -0.39 is 11.8 Å². The van der Waals surface area contributed by atoms with Crippen LogP contribution < -0.4 is 10.5 Å². The molecule has 3 N–H and O–H groups in total. The molecule has 1 aliphatic rings. The monoisotopic (exact) mass is 211 g/mol. The number of rotatable bonds is 1. The van der Waals surface area contributed by atoms with E-state index in [-0.39, 0.29) is 5.82 Å². The lowest BCUT2D eigenvalue weighted by atomic mass is 9.97. The van der Waals surface area contributed by atoms with Crippen molar-refractivity contribution in [1.29, 1.82) is 0 Å². The van der Waals surface area contributed by atoms with Gasteiger partial charge in [0, 0.05) is 0 Å². The van der Waals surface area contributed by atoms with Gasteiger partial charge in [0.05, 0.1) is 0 Å². The summed E-state index contributed by atoms with van der Waals surface area (Å²) in [6.07, 6.45) is 0.834. The van der Waals surface area contributed by atoms with Gasteiger partial charge >= 0.3 is 0 Å². The number of benzene rings is 1. The lowest BCUT2D eigenvalue weighted by Crippen LogP contribution is -2.52. The SMILES string of the molecule is CC(N)(O)[C@@H]1CCc2cc(F)ccc2O1. The first kappa shape index (κ1) is 10.4. The van der Waals surface area contributed by atoms with Gasteiger partial charge in [-0.15, -0.1) is 0 Å². The Balaban J connectivity index is 2.24. The highest BCUT2D eigenvalue weighted by Gasteiger charge is 2.32. The van der Waals surface area contributed by atoms with Crippen molar-refractivity contribution in [3.63, 3.8) is 0 Å². The number of fused-ring (bicyclic) bond motifs is 1. The number of halogens is 1. The van der Waals surface area contributed by atoms with Crippen molar-refractivity contribution in [3.05, 3.63) is 29.6 Å². The second kappa shape index (κ2) is 3.47. The first-order chi connectivity index (χ1) is 6.97. The average molecular weight is 211 g/mol. The fraction of sp³-hybridized carbons (Fsp3) is 0.455. The van der Waals surface area contributed by atoms with E-state index in [0.29, 0.717) is 18.6 Å². The number of hydrogen-bond donors (Lipinski definition) is 2. The summed E-state index contributed by atoms with van der Waals surface area (Å²) in [7, 11) is 0. The molecule has 1 aromatic carbocycles. The second-order valence-corrected chi connectivity index (χ2v) is 4.12. The molecule has 0 amide bonds. The van der Waals surface area contributed by atoms with Crippen LogP contribution in [0.15, 0.2) is 18.2 Å². The van der Waals surface area contributed by atoms with Gasteiger partial charge < -0.3 is 15.6 Å². The third kappa shape index (κ3) is 2.11. The molecule has 3 nitrogen and oxygen atoms in total. The van der Waals surface area contributed by atoms with Crippen LogP contribution in [-0.2, 0) is 6.42 Å². The fourth-order valence-electron chi connectivity index (χ4n) is 1.77. The van der Waals surface area contributed by atoms with Crippen LogP contribution in [0.3, 0.4) is 0 Å². The standard InChI is InChI=1S/C11H14FNO2/c1-11(13,14)10-5-2-7-6-8(12)3-4-9(7)15-10/h3-4,6,10,14H,2,5,13H2,1H3/t10-,11?/m0/s1. The van der Waals surface area contributed by atoms with E-state index in [1.807, 2.05) is 0 Å². The highest BCUT2D eigenvalue weighted by atomic mass is 19.1. The third-order valence-corrected chi connectivity index (χ3v) is 2.62. The minimum atomic E-state index is -1.36. The predicted octanol–water partition coefficient (Wildman–Crippen LogP) is 1.19. The first-order valence-electron chi connectivity index (χ1n) is 4.93. The zero-order chi connectivity index (χ0) is 11.1. The Hall–Kier alpha value is -1.13. The molecule has 1 aromatic rings. The van der Waals surface area contributed by atoms with E-state index >= 15 is 0 Å². The van der Waals surface area contributed by atoms with Crippen molar-refractivity contribution in [2.75, 3.05) is 0 Å². The number of aliphatic hydroxyl groups is 1. The number of ether oxygens (including phenoxy) is 1. The normalized spacial score (nSPS) is 23.9. The minimum absolute atomic E-state index is 0.268. The molecular formula is C11H14FNO2. The zero-order valence-electron chi connectivity index (χ0n) is 8.53. The maximum atomic E-state index is 12.9. The summed E-state index contributed by atoms with van der Waals surface area (Å²) in [4.78, 5) is 0. The van der Waals surface area contributed by atoms with Crippen molar-refractivity contribution >= 4 is 0 Å². The molecule has 82 valence electrons. The Labute approximate surface area is 87.7 Å². The largest absolute Gasteiger partial charge is 0.486 e. The van der Waals surface area contributed by atoms with Gasteiger partial charge in [-0.05, 0) is 43.5 Å². The summed E-state index contributed by atoms with van der Waals surface area (Å²) in [5.74, 6) is 0.341. The predicted molar refractivity (Wildman–Crippen MR) is 53.9 cm³/mol. The topological polar surface area (TPSA) is 55.5 Å². The van der Waals surface area contributed by atoms with E-state index in [2.05, 4.69) is 0 Å². The summed E-state index contributed by atoms with van der Waals surface area (Å²) in [5, 5.41) is 9.60. The molecule has 0 aromatic heterocycles. The zero-order valence-corrected chi connectivity index (χ0v) is 8.53. The highest BCUT2D eigenvalue weighted by molar-refractivity contribution is 5.36. The van der Waals surface area contributed by atoms with Crippen LogP contribution >= 0.6 is 0 Å². The molecular weight excluding hydrogens is 197 g/mol. The van der Waals surface area contributed by atoms with Crippen molar-refractivity contribution in [3.8, 4) is 5.75 Å². The van der Waals surface area contributed by atoms with Gasteiger partial charge in [-0.1, -0.05) is 0 Å². The van der Waals surface area contributed by atoms with Gasteiger partial charge in [0.25, 0.3) is 0 Å². The van der Waals surface area contributed by atoms with Crippen molar-refractivity contribution in [1.82, 2.24) is 0 Å². The Morgan fingerprint density at radius 1 is 1.60 bits per heavy atom. The summed E-state index contributed by atoms with van der Waals surface area (Å²) in [6.45, 7) is 1.51. The van der Waals surface area contributed by atoms with E-state index in [1.54, 1.807) is 6.07 Å². The highest BCUT2D eigenvalue weighted by Crippen LogP contribution is 2.30. The molecule has 1 unspecified atom stereocenters. The van der Waals surface area contributed by atoms with Gasteiger partial charge in [0.2, 0.25) is 0 Å². The van der Waals surface area contributed by atoms with Crippen LogP contribution in [0, 0.1) is 5.82 Å². The Bertz CT molecular complexity index is 373. The molecule has 2 atom stereocenters. The van der Waals surface area contributed by atoms with E-state index in [0.717, 1.165) is 5.56 Å². The van der Waals surface area contributed by atoms with Crippen LogP contribution in [0.5, 0.6) is 5.75 Å². The molecule has 15 heavy (non-hydrogen) atoms. The summed E-state index contributed by atoms with van der Waals surface area (Å²) >= 11 is 0. The van der Waals surface area contributed by atoms with Gasteiger partial charge in [-0.25, -0.2) is 4.39 Å². The molecule has 0 aliphatic carbocycles. The fourth-order valence-corrected chi connectivity index (χ4v) is 1.77. The Morgan fingerprint density at radius 3 is 3.00 bits per heavy atom. The number of hydrogen-bond acceptors (Lipinski definition) is 3. The molecule has 0 bridgehead atoms. The van der Waals surface area contributed by atoms with Gasteiger partial charge in [-0.2, -0.15) is 0 Å². The molecule has 0 spiro atoms. The molecule has 4 heteroatoms. The smallest absolute Gasteiger partial charge is 0.147 e. The van der Waals surface area contributed by atoms with Crippen LogP contribution in [0.1, 0.15) is 18.9 Å². The second-order valence-electron chi connectivity index (χ2n) is 4.12. The van der Waals surface area contributed by atoms with Crippen LogP contribution in [0.2, 0.25) is 0 Å². The maximum Gasteiger partial charge on any atom is 0.147 e. The molecule has 1 aliphatic heterocycles. The lowest BCUT2D eigenvalue weighted by Gasteiger charge is -2.33. The van der Waals surface area contributed by atoms with Gasteiger partial charge in [0.1, 0.15) is 23.4 Å². The number of aryl methyl sites for hydroxylation is 1. The van der Waals surface area contributed by atoms with E-state index in [4.69, 9.17) is 10.5 Å². The van der Waals surface area contributed by atoms with Crippen molar-refractivity contribution in [2.45, 2.75) is 31.6 Å². The average Bonchev–Trinajstić information content (AvgIpc) is 2.15. The third-order valence-electron chi connectivity index (χ3n) is 2.62. The summed E-state index contributed by atoms with van der Waals surface area (Å²) < 4.78 is 18.4. The Kier molecular flexibility index (Phi) is 2.40. The van der Waals surface area contributed by atoms with Crippen LogP contribution in [-0.4, -0.2) is 16.9 Å². The van der Waals surface area contributed by atoms with Gasteiger partial charge in [0.15, 0.2) is 0 Å². The van der Waals surface area contributed by atoms with Crippen molar-refractivity contribution in [2.24, 2.45) is 5.73 Å². The molecule has 2 rings (SSSR count). The molecule has 0 radical (unpaired) electrons. The lowest BCUT2D eigenvalue weighted by molar-refractivity contribution is -0.0517. The Morgan fingerprint density at radius 2 is 2.33 bits per heavy atom. The van der Waals surface area contributed by atoms with E-state index in [9.17, 15) is 9.50 Å². The molecule has 0 fully saturated rings. The quantitative estimate of drug-likeness (QED) is 0.686.